The molecule has 0 unspecified atom stereocenters. The van der Waals surface area contributed by atoms with Crippen LogP contribution in [0.15, 0.2) is 22.4 Å². The normalized spacial score (nSPS) is 17.3. The topological polar surface area (TPSA) is 72.3 Å². The third kappa shape index (κ3) is 2.94. The SMILES string of the molecule is Cc1nn(C(=O)c2cccs2)c(C)c1S(=O)(=O)N1CCC(C)CC1. The summed E-state index contributed by atoms with van der Waals surface area (Å²) in [6, 6.07) is 3.50. The van der Waals surface area contributed by atoms with Gasteiger partial charge < -0.3 is 0 Å². The third-order valence-corrected chi connectivity index (χ3v) is 7.50. The van der Waals surface area contributed by atoms with Crippen molar-refractivity contribution in [2.24, 2.45) is 5.92 Å². The molecular formula is C16H21N3O3S2. The molecule has 1 aliphatic heterocycles. The molecule has 8 heteroatoms. The summed E-state index contributed by atoms with van der Waals surface area (Å²) in [5.41, 5.74) is 0.751. The molecule has 0 spiro atoms. The molecule has 0 saturated carbocycles. The van der Waals surface area contributed by atoms with Crippen LogP contribution in [0.2, 0.25) is 0 Å². The molecule has 0 radical (unpaired) electrons. The van der Waals surface area contributed by atoms with Crippen LogP contribution in [0.1, 0.15) is 40.8 Å². The maximum atomic E-state index is 13.0. The Morgan fingerprint density at radius 3 is 2.54 bits per heavy atom. The van der Waals surface area contributed by atoms with Gasteiger partial charge in [-0.2, -0.15) is 14.1 Å². The van der Waals surface area contributed by atoms with Crippen molar-refractivity contribution in [2.45, 2.75) is 38.5 Å². The van der Waals surface area contributed by atoms with E-state index in [1.165, 1.54) is 20.3 Å². The minimum atomic E-state index is -3.63. The summed E-state index contributed by atoms with van der Waals surface area (Å²) in [5.74, 6) is 0.251. The summed E-state index contributed by atoms with van der Waals surface area (Å²) in [6.07, 6.45) is 1.72. The van der Waals surface area contributed by atoms with Gasteiger partial charge in [0.05, 0.1) is 16.3 Å². The van der Waals surface area contributed by atoms with Gasteiger partial charge in [0.25, 0.3) is 5.91 Å². The van der Waals surface area contributed by atoms with E-state index in [0.29, 0.717) is 35.3 Å². The van der Waals surface area contributed by atoms with Gasteiger partial charge in [-0.1, -0.05) is 13.0 Å². The maximum absolute atomic E-state index is 13.0. The first kappa shape index (κ1) is 17.3. The van der Waals surface area contributed by atoms with Gasteiger partial charge in [-0.3, -0.25) is 4.79 Å². The molecule has 2 aromatic heterocycles. The van der Waals surface area contributed by atoms with Gasteiger partial charge in [0.15, 0.2) is 0 Å². The molecule has 130 valence electrons. The molecule has 0 aliphatic carbocycles. The molecule has 0 atom stereocenters. The van der Waals surface area contributed by atoms with Gasteiger partial charge in [0.1, 0.15) is 4.90 Å². The molecule has 0 aromatic carbocycles. The second kappa shape index (κ2) is 6.42. The van der Waals surface area contributed by atoms with Crippen molar-refractivity contribution >= 4 is 27.3 Å². The second-order valence-electron chi connectivity index (χ2n) is 6.28. The van der Waals surface area contributed by atoms with Crippen molar-refractivity contribution in [3.8, 4) is 0 Å². The van der Waals surface area contributed by atoms with Crippen LogP contribution >= 0.6 is 11.3 Å². The Morgan fingerprint density at radius 1 is 1.29 bits per heavy atom. The fraction of sp³-hybridized carbons (Fsp3) is 0.500. The van der Waals surface area contributed by atoms with Crippen LogP contribution in [-0.2, 0) is 10.0 Å². The van der Waals surface area contributed by atoms with Crippen LogP contribution in [0.5, 0.6) is 0 Å². The second-order valence-corrected chi connectivity index (χ2v) is 9.10. The van der Waals surface area contributed by atoms with Gasteiger partial charge in [-0.05, 0) is 44.1 Å². The Bertz CT molecular complexity index is 846. The minimum Gasteiger partial charge on any atom is -0.266 e. The zero-order valence-electron chi connectivity index (χ0n) is 14.0. The zero-order valence-corrected chi connectivity index (χ0v) is 15.7. The van der Waals surface area contributed by atoms with Crippen molar-refractivity contribution in [2.75, 3.05) is 13.1 Å². The highest BCUT2D eigenvalue weighted by molar-refractivity contribution is 7.89. The van der Waals surface area contributed by atoms with Crippen molar-refractivity contribution in [3.05, 3.63) is 33.8 Å². The number of aromatic nitrogens is 2. The lowest BCUT2D eigenvalue weighted by Crippen LogP contribution is -2.38. The molecule has 6 nitrogen and oxygen atoms in total. The highest BCUT2D eigenvalue weighted by Gasteiger charge is 2.34. The molecule has 3 rings (SSSR count). The van der Waals surface area contributed by atoms with E-state index in [1.54, 1.807) is 26.0 Å². The van der Waals surface area contributed by atoms with Gasteiger partial charge in [-0.15, -0.1) is 11.3 Å². The van der Waals surface area contributed by atoms with Gasteiger partial charge >= 0.3 is 0 Å². The smallest absolute Gasteiger partial charge is 0.266 e. The maximum Gasteiger partial charge on any atom is 0.288 e. The fourth-order valence-electron chi connectivity index (χ4n) is 3.06. The van der Waals surface area contributed by atoms with Crippen LogP contribution in [0.3, 0.4) is 0 Å². The number of sulfonamides is 1. The van der Waals surface area contributed by atoms with Crippen molar-refractivity contribution in [3.63, 3.8) is 0 Å². The van der Waals surface area contributed by atoms with E-state index >= 15 is 0 Å². The first-order valence-electron chi connectivity index (χ1n) is 7.97. The molecule has 0 amide bonds. The Hall–Kier alpha value is -1.51. The monoisotopic (exact) mass is 367 g/mol. The average Bonchev–Trinajstić information content (AvgIpc) is 3.15. The van der Waals surface area contributed by atoms with E-state index in [4.69, 9.17) is 0 Å². The number of hydrogen-bond donors (Lipinski definition) is 0. The quantitative estimate of drug-likeness (QED) is 0.836. The molecule has 0 bridgehead atoms. The van der Waals surface area contributed by atoms with Crippen LogP contribution in [-0.4, -0.2) is 41.5 Å². The minimum absolute atomic E-state index is 0.168. The molecule has 1 fully saturated rings. The number of aryl methyl sites for hydroxylation is 1. The summed E-state index contributed by atoms with van der Waals surface area (Å²) < 4.78 is 28.8. The average molecular weight is 367 g/mol. The zero-order chi connectivity index (χ0) is 17.5. The molecule has 1 aliphatic rings. The van der Waals surface area contributed by atoms with Crippen LogP contribution < -0.4 is 0 Å². The standard InChI is InChI=1S/C16H21N3O3S2/c1-11-6-8-18(9-7-11)24(21,22)15-12(2)17-19(13(15)3)16(20)14-5-4-10-23-14/h4-5,10-11H,6-9H2,1-3H3. The van der Waals surface area contributed by atoms with E-state index in [9.17, 15) is 13.2 Å². The number of nitrogens with zero attached hydrogens (tertiary/aromatic N) is 3. The lowest BCUT2D eigenvalue weighted by Gasteiger charge is -2.29. The number of hydrogen-bond acceptors (Lipinski definition) is 5. The largest absolute Gasteiger partial charge is 0.288 e. The Labute approximate surface area is 146 Å². The summed E-state index contributed by atoms with van der Waals surface area (Å²) >= 11 is 1.32. The Kier molecular flexibility index (Phi) is 4.63. The predicted molar refractivity (Wildman–Crippen MR) is 92.9 cm³/mol. The van der Waals surface area contributed by atoms with Crippen molar-refractivity contribution in [1.29, 1.82) is 0 Å². The number of piperidine rings is 1. The van der Waals surface area contributed by atoms with Gasteiger partial charge in [0.2, 0.25) is 10.0 Å². The van der Waals surface area contributed by atoms with E-state index in [2.05, 4.69) is 12.0 Å². The molecule has 24 heavy (non-hydrogen) atoms. The molecular weight excluding hydrogens is 346 g/mol. The Balaban J connectivity index is 1.98. The van der Waals surface area contributed by atoms with E-state index in [0.717, 1.165) is 12.8 Å². The highest BCUT2D eigenvalue weighted by Crippen LogP contribution is 2.28. The van der Waals surface area contributed by atoms with Crippen LogP contribution in [0.4, 0.5) is 0 Å². The molecule has 0 N–H and O–H groups in total. The van der Waals surface area contributed by atoms with Crippen molar-refractivity contribution in [1.82, 2.24) is 14.1 Å². The van der Waals surface area contributed by atoms with Crippen LogP contribution in [0.25, 0.3) is 0 Å². The number of carbonyl (C=O) groups excluding carboxylic acids is 1. The van der Waals surface area contributed by atoms with E-state index in [-0.39, 0.29) is 10.8 Å². The lowest BCUT2D eigenvalue weighted by atomic mass is 10.0. The highest BCUT2D eigenvalue weighted by atomic mass is 32.2. The molecule has 1 saturated heterocycles. The first-order chi connectivity index (χ1) is 11.3. The summed E-state index contributed by atoms with van der Waals surface area (Å²) in [5, 5.41) is 6.02. The van der Waals surface area contributed by atoms with E-state index in [1.807, 2.05) is 5.38 Å². The number of carbonyl (C=O) groups is 1. The van der Waals surface area contributed by atoms with Crippen molar-refractivity contribution < 1.29 is 13.2 Å². The Morgan fingerprint density at radius 2 is 1.96 bits per heavy atom. The molecule has 3 heterocycles. The van der Waals surface area contributed by atoms with Crippen LogP contribution in [0, 0.1) is 19.8 Å². The summed E-state index contributed by atoms with van der Waals surface area (Å²) in [4.78, 5) is 13.2. The third-order valence-electron chi connectivity index (χ3n) is 4.49. The molecule has 2 aromatic rings. The predicted octanol–water partition coefficient (Wildman–Crippen LogP) is 2.67. The lowest BCUT2D eigenvalue weighted by molar-refractivity contribution is 0.0946. The first-order valence-corrected chi connectivity index (χ1v) is 10.3. The summed E-state index contributed by atoms with van der Waals surface area (Å²) in [6.45, 7) is 6.46. The fourth-order valence-corrected chi connectivity index (χ4v) is 5.53. The van der Waals surface area contributed by atoms with Gasteiger partial charge in [0, 0.05) is 13.1 Å². The van der Waals surface area contributed by atoms with Gasteiger partial charge in [-0.25, -0.2) is 8.42 Å². The number of rotatable bonds is 3. The summed E-state index contributed by atoms with van der Waals surface area (Å²) in [7, 11) is -3.63. The van der Waals surface area contributed by atoms with E-state index < -0.39 is 10.0 Å². The number of thiophene rings is 1.